The van der Waals surface area contributed by atoms with Crippen LogP contribution in [0, 0.1) is 0 Å². The van der Waals surface area contributed by atoms with Gasteiger partial charge < -0.3 is 5.73 Å². The van der Waals surface area contributed by atoms with Gasteiger partial charge in [0.05, 0.1) is 5.69 Å². The summed E-state index contributed by atoms with van der Waals surface area (Å²) in [6, 6.07) is 13.3. The lowest BCUT2D eigenvalue weighted by molar-refractivity contribution is 1.09. The normalized spacial score (nSPS) is 10.3. The maximum Gasteiger partial charge on any atom is 0.200 e. The van der Waals surface area contributed by atoms with Gasteiger partial charge in [-0.25, -0.2) is 19.9 Å². The van der Waals surface area contributed by atoms with E-state index in [1.807, 2.05) is 30.3 Å². The molecule has 0 aliphatic rings. The lowest BCUT2D eigenvalue weighted by Crippen LogP contribution is -2.00. The average molecular weight is 249 g/mol. The van der Waals surface area contributed by atoms with Crippen LogP contribution in [0.15, 0.2) is 54.9 Å². The maximum atomic E-state index is 5.83. The molecule has 3 aromatic rings. The van der Waals surface area contributed by atoms with Gasteiger partial charge in [-0.15, -0.1) is 0 Å². The van der Waals surface area contributed by atoms with Crippen LogP contribution in [0.25, 0.3) is 22.9 Å². The number of nitrogens with zero attached hydrogens (tertiary/aromatic N) is 4. The van der Waals surface area contributed by atoms with Gasteiger partial charge in [0.2, 0.25) is 0 Å². The summed E-state index contributed by atoms with van der Waals surface area (Å²) in [5.74, 6) is 1.29. The summed E-state index contributed by atoms with van der Waals surface area (Å²) in [5.41, 5.74) is 7.57. The minimum absolute atomic E-state index is 0.399. The average Bonchev–Trinajstić information content (AvgIpc) is 2.48. The molecule has 0 amide bonds. The number of hydrogen-bond acceptors (Lipinski definition) is 5. The van der Waals surface area contributed by atoms with Crippen molar-refractivity contribution in [2.24, 2.45) is 0 Å². The van der Waals surface area contributed by atoms with Crippen molar-refractivity contribution in [3.8, 4) is 22.9 Å². The van der Waals surface area contributed by atoms with Crippen LogP contribution in [-0.4, -0.2) is 19.9 Å². The highest BCUT2D eigenvalue weighted by atomic mass is 15.0. The fourth-order valence-corrected chi connectivity index (χ4v) is 1.74. The monoisotopic (exact) mass is 249 g/mol. The molecule has 2 aromatic heterocycles. The van der Waals surface area contributed by atoms with Crippen LogP contribution >= 0.6 is 0 Å². The Kier molecular flexibility index (Phi) is 2.86. The predicted molar refractivity (Wildman–Crippen MR) is 72.9 cm³/mol. The third-order valence-electron chi connectivity index (χ3n) is 2.58. The van der Waals surface area contributed by atoms with Crippen LogP contribution in [0.2, 0.25) is 0 Å². The molecule has 0 atom stereocenters. The summed E-state index contributed by atoms with van der Waals surface area (Å²) in [5, 5.41) is 0. The van der Waals surface area contributed by atoms with Gasteiger partial charge in [-0.2, -0.15) is 0 Å². The minimum Gasteiger partial charge on any atom is -0.384 e. The van der Waals surface area contributed by atoms with E-state index < -0.39 is 0 Å². The molecule has 5 heteroatoms. The zero-order chi connectivity index (χ0) is 13.1. The molecular formula is C14H11N5. The second-order valence-electron chi connectivity index (χ2n) is 3.94. The number of anilines is 1. The molecule has 0 aliphatic carbocycles. The zero-order valence-corrected chi connectivity index (χ0v) is 10.1. The fraction of sp³-hybridized carbons (Fsp3) is 0. The van der Waals surface area contributed by atoms with Crippen LogP contribution < -0.4 is 5.73 Å². The third-order valence-corrected chi connectivity index (χ3v) is 2.58. The van der Waals surface area contributed by atoms with E-state index in [0.717, 1.165) is 11.3 Å². The third kappa shape index (κ3) is 2.40. The van der Waals surface area contributed by atoms with Gasteiger partial charge >= 0.3 is 0 Å². The van der Waals surface area contributed by atoms with Crippen LogP contribution in [0.3, 0.4) is 0 Å². The van der Waals surface area contributed by atoms with E-state index in [1.165, 1.54) is 0 Å². The Morgan fingerprint density at radius 3 is 2.26 bits per heavy atom. The first-order valence-electron chi connectivity index (χ1n) is 5.80. The van der Waals surface area contributed by atoms with E-state index in [2.05, 4.69) is 19.9 Å². The molecule has 1 aromatic carbocycles. The topological polar surface area (TPSA) is 77.6 Å². The smallest absolute Gasteiger partial charge is 0.200 e. The van der Waals surface area contributed by atoms with E-state index in [1.54, 1.807) is 24.5 Å². The van der Waals surface area contributed by atoms with E-state index in [-0.39, 0.29) is 0 Å². The summed E-state index contributed by atoms with van der Waals surface area (Å²) in [7, 11) is 0. The Bertz CT molecular complexity index is 625. The van der Waals surface area contributed by atoms with E-state index in [0.29, 0.717) is 17.5 Å². The molecule has 0 saturated heterocycles. The summed E-state index contributed by atoms with van der Waals surface area (Å²) in [4.78, 5) is 16.9. The summed E-state index contributed by atoms with van der Waals surface area (Å²) in [6.07, 6.45) is 3.30. The molecule has 0 unspecified atom stereocenters. The van der Waals surface area contributed by atoms with Crippen molar-refractivity contribution in [2.45, 2.75) is 0 Å². The Labute approximate surface area is 110 Å². The van der Waals surface area contributed by atoms with Gasteiger partial charge in [0.15, 0.2) is 11.6 Å². The van der Waals surface area contributed by atoms with Crippen LogP contribution in [0.1, 0.15) is 0 Å². The van der Waals surface area contributed by atoms with Gasteiger partial charge in [-0.05, 0) is 6.07 Å². The molecule has 2 heterocycles. The van der Waals surface area contributed by atoms with Gasteiger partial charge in [0, 0.05) is 24.0 Å². The van der Waals surface area contributed by atoms with Crippen molar-refractivity contribution in [1.29, 1.82) is 0 Å². The molecule has 19 heavy (non-hydrogen) atoms. The summed E-state index contributed by atoms with van der Waals surface area (Å²) in [6.45, 7) is 0. The number of benzene rings is 1. The highest BCUT2D eigenvalue weighted by Crippen LogP contribution is 2.20. The molecule has 0 bridgehead atoms. The van der Waals surface area contributed by atoms with Gasteiger partial charge in [-0.1, -0.05) is 30.3 Å². The maximum absolute atomic E-state index is 5.83. The van der Waals surface area contributed by atoms with Crippen molar-refractivity contribution in [3.63, 3.8) is 0 Å². The van der Waals surface area contributed by atoms with Gasteiger partial charge in [0.1, 0.15) is 5.82 Å². The quantitative estimate of drug-likeness (QED) is 0.753. The lowest BCUT2D eigenvalue weighted by atomic mass is 10.1. The largest absolute Gasteiger partial charge is 0.384 e. The standard InChI is InChI=1S/C14H11N5/c15-12-9-11(10-5-2-1-3-6-10)18-14(19-12)13-16-7-4-8-17-13/h1-9H,(H2,15,18,19). The SMILES string of the molecule is Nc1cc(-c2ccccc2)nc(-c2ncccn2)n1. The van der Waals surface area contributed by atoms with Crippen LogP contribution in [-0.2, 0) is 0 Å². The number of nitrogens with two attached hydrogens (primary N) is 1. The Balaban J connectivity index is 2.12. The van der Waals surface area contributed by atoms with E-state index >= 15 is 0 Å². The second kappa shape index (κ2) is 4.81. The van der Waals surface area contributed by atoms with Crippen LogP contribution in [0.4, 0.5) is 5.82 Å². The molecule has 0 aliphatic heterocycles. The predicted octanol–water partition coefficient (Wildman–Crippen LogP) is 2.18. The van der Waals surface area contributed by atoms with E-state index in [4.69, 9.17) is 5.73 Å². The molecule has 0 fully saturated rings. The molecule has 92 valence electrons. The minimum atomic E-state index is 0.399. The van der Waals surface area contributed by atoms with E-state index in [9.17, 15) is 0 Å². The molecule has 5 nitrogen and oxygen atoms in total. The lowest BCUT2D eigenvalue weighted by Gasteiger charge is -2.04. The highest BCUT2D eigenvalue weighted by Gasteiger charge is 2.08. The Hall–Kier alpha value is -2.82. The van der Waals surface area contributed by atoms with Gasteiger partial charge in [0.25, 0.3) is 0 Å². The number of hydrogen-bond donors (Lipinski definition) is 1. The molecular weight excluding hydrogens is 238 g/mol. The molecule has 0 spiro atoms. The number of aromatic nitrogens is 4. The first kappa shape index (κ1) is 11.3. The van der Waals surface area contributed by atoms with Crippen molar-refractivity contribution in [1.82, 2.24) is 19.9 Å². The summed E-state index contributed by atoms with van der Waals surface area (Å²) >= 11 is 0. The van der Waals surface area contributed by atoms with Gasteiger partial charge in [-0.3, -0.25) is 0 Å². The first-order valence-corrected chi connectivity index (χ1v) is 5.80. The van der Waals surface area contributed by atoms with Crippen molar-refractivity contribution in [2.75, 3.05) is 5.73 Å². The molecule has 0 saturated carbocycles. The molecule has 3 rings (SSSR count). The van der Waals surface area contributed by atoms with Crippen molar-refractivity contribution >= 4 is 5.82 Å². The van der Waals surface area contributed by atoms with Crippen LogP contribution in [0.5, 0.6) is 0 Å². The second-order valence-corrected chi connectivity index (χ2v) is 3.94. The number of nitrogen functional groups attached to an aromatic ring is 1. The molecule has 2 N–H and O–H groups in total. The first-order chi connectivity index (χ1) is 9.33. The van der Waals surface area contributed by atoms with Crippen molar-refractivity contribution in [3.05, 3.63) is 54.9 Å². The summed E-state index contributed by atoms with van der Waals surface area (Å²) < 4.78 is 0. The fourth-order valence-electron chi connectivity index (χ4n) is 1.74. The zero-order valence-electron chi connectivity index (χ0n) is 10.1. The highest BCUT2D eigenvalue weighted by molar-refractivity contribution is 5.64. The number of rotatable bonds is 2. The Morgan fingerprint density at radius 2 is 1.53 bits per heavy atom. The Morgan fingerprint density at radius 1 is 0.789 bits per heavy atom. The van der Waals surface area contributed by atoms with Crippen molar-refractivity contribution < 1.29 is 0 Å². The molecule has 0 radical (unpaired) electrons.